The number of nitrogens with one attached hydrogen (secondary N) is 2. The van der Waals surface area contributed by atoms with Crippen LogP contribution in [0.2, 0.25) is 0 Å². The van der Waals surface area contributed by atoms with Gasteiger partial charge in [-0.1, -0.05) is 59.4 Å². The van der Waals surface area contributed by atoms with Gasteiger partial charge >= 0.3 is 6.03 Å². The lowest BCUT2D eigenvalue weighted by atomic mass is 10.2. The highest BCUT2D eigenvalue weighted by Crippen LogP contribution is 2.23. The van der Waals surface area contributed by atoms with E-state index in [0.29, 0.717) is 21.3 Å². The van der Waals surface area contributed by atoms with Gasteiger partial charge in [0.2, 0.25) is 4.96 Å². The third-order valence-electron chi connectivity index (χ3n) is 4.06. The van der Waals surface area contributed by atoms with Gasteiger partial charge in [-0.05, 0) is 19.1 Å². The molecule has 4 aromatic rings. The largest absolute Gasteiger partial charge is 0.332 e. The highest BCUT2D eigenvalue weighted by molar-refractivity contribution is 7.19. The van der Waals surface area contributed by atoms with Gasteiger partial charge in [0.1, 0.15) is 5.01 Å². The van der Waals surface area contributed by atoms with Gasteiger partial charge < -0.3 is 10.6 Å². The van der Waals surface area contributed by atoms with Crippen molar-refractivity contribution in [2.24, 2.45) is 0 Å². The van der Waals surface area contributed by atoms with E-state index >= 15 is 0 Å². The molecule has 0 saturated carbocycles. The highest BCUT2D eigenvalue weighted by Gasteiger charge is 2.11. The molecule has 28 heavy (non-hydrogen) atoms. The second-order valence-electron chi connectivity index (χ2n) is 6.23. The predicted molar refractivity (Wildman–Crippen MR) is 110 cm³/mol. The van der Waals surface area contributed by atoms with E-state index in [1.807, 2.05) is 61.5 Å². The van der Waals surface area contributed by atoms with Crippen LogP contribution in [0.4, 0.5) is 10.5 Å². The average molecular weight is 391 g/mol. The van der Waals surface area contributed by atoms with Crippen molar-refractivity contribution in [2.45, 2.75) is 13.5 Å². The van der Waals surface area contributed by atoms with Crippen LogP contribution in [-0.4, -0.2) is 20.6 Å². The lowest BCUT2D eigenvalue weighted by Crippen LogP contribution is -2.29. The van der Waals surface area contributed by atoms with Crippen LogP contribution >= 0.6 is 11.3 Å². The number of fused-ring (bicyclic) bond motifs is 1. The molecular weight excluding hydrogens is 374 g/mol. The molecule has 0 unspecified atom stereocenters. The molecule has 2 amide bonds. The number of carbonyl (C=O) groups excluding carboxylic acids is 1. The van der Waals surface area contributed by atoms with Gasteiger partial charge in [0, 0.05) is 17.3 Å². The Balaban J connectivity index is 1.49. The predicted octanol–water partition coefficient (Wildman–Crippen LogP) is 3.45. The number of aryl methyl sites for hydroxylation is 1. The van der Waals surface area contributed by atoms with Gasteiger partial charge in [0.15, 0.2) is 0 Å². The molecular formula is C20H17N5O2S. The molecule has 0 aliphatic rings. The number of urea groups is 1. The summed E-state index contributed by atoms with van der Waals surface area (Å²) in [6.07, 6.45) is 0. The Morgan fingerprint density at radius 3 is 2.61 bits per heavy atom. The van der Waals surface area contributed by atoms with E-state index in [4.69, 9.17) is 0 Å². The van der Waals surface area contributed by atoms with Crippen LogP contribution in [-0.2, 0) is 6.54 Å². The zero-order chi connectivity index (χ0) is 19.5. The van der Waals surface area contributed by atoms with Gasteiger partial charge in [-0.15, -0.1) is 0 Å². The van der Waals surface area contributed by atoms with Crippen LogP contribution in [0.25, 0.3) is 15.5 Å². The first kappa shape index (κ1) is 17.9. The van der Waals surface area contributed by atoms with Crippen LogP contribution in [0.1, 0.15) is 11.3 Å². The topological polar surface area (TPSA) is 88.4 Å². The first-order chi connectivity index (χ1) is 13.6. The minimum atomic E-state index is -0.361. The van der Waals surface area contributed by atoms with Gasteiger partial charge in [0.05, 0.1) is 12.2 Å². The Hall–Kier alpha value is -3.52. The van der Waals surface area contributed by atoms with Gasteiger partial charge in [0.25, 0.3) is 5.56 Å². The minimum absolute atomic E-state index is 0.141. The van der Waals surface area contributed by atoms with Crippen molar-refractivity contribution in [3.8, 4) is 10.6 Å². The normalized spacial score (nSPS) is 10.8. The maximum Gasteiger partial charge on any atom is 0.319 e. The second kappa shape index (κ2) is 7.61. The van der Waals surface area contributed by atoms with Crippen molar-refractivity contribution in [1.29, 1.82) is 0 Å². The van der Waals surface area contributed by atoms with E-state index in [1.54, 1.807) is 0 Å². The van der Waals surface area contributed by atoms with Gasteiger partial charge in [-0.25, -0.2) is 9.78 Å². The maximum absolute atomic E-state index is 12.4. The Bertz CT molecular complexity index is 1180. The molecule has 140 valence electrons. The van der Waals surface area contributed by atoms with Crippen molar-refractivity contribution in [2.75, 3.05) is 5.32 Å². The summed E-state index contributed by atoms with van der Waals surface area (Å²) in [5, 5.41) is 10.5. The molecule has 0 aliphatic heterocycles. The fraction of sp³-hybridized carbons (Fsp3) is 0.100. The van der Waals surface area contributed by atoms with Crippen molar-refractivity contribution in [3.63, 3.8) is 0 Å². The van der Waals surface area contributed by atoms with Gasteiger partial charge in [-0.3, -0.25) is 4.79 Å². The zero-order valence-corrected chi connectivity index (χ0v) is 15.9. The summed E-state index contributed by atoms with van der Waals surface area (Å²) in [7, 11) is 0. The maximum atomic E-state index is 12.4. The third-order valence-corrected chi connectivity index (χ3v) is 5.02. The molecule has 0 atom stereocenters. The SMILES string of the molecule is Cc1ccc(NC(=O)NCc2cc(=O)n3nc(-c4ccccc4)sc3n2)cc1. The summed E-state index contributed by atoms with van der Waals surface area (Å²) < 4.78 is 1.28. The highest BCUT2D eigenvalue weighted by atomic mass is 32.1. The summed E-state index contributed by atoms with van der Waals surface area (Å²) in [6, 6.07) is 18.1. The number of aromatic nitrogens is 3. The van der Waals surface area contributed by atoms with Crippen LogP contribution in [0.5, 0.6) is 0 Å². The number of hydrogen-bond donors (Lipinski definition) is 2. The Morgan fingerprint density at radius 1 is 1.11 bits per heavy atom. The van der Waals surface area contributed by atoms with Crippen LogP contribution in [0.3, 0.4) is 0 Å². The Kier molecular flexibility index (Phi) is 4.86. The minimum Gasteiger partial charge on any atom is -0.332 e. The molecule has 2 heterocycles. The summed E-state index contributed by atoms with van der Waals surface area (Å²) in [4.78, 5) is 29.4. The van der Waals surface area contributed by atoms with Crippen molar-refractivity contribution >= 4 is 28.0 Å². The number of benzene rings is 2. The number of hydrogen-bond acceptors (Lipinski definition) is 5. The van der Waals surface area contributed by atoms with E-state index < -0.39 is 0 Å². The van der Waals surface area contributed by atoms with E-state index in [1.165, 1.54) is 21.9 Å². The number of amides is 2. The molecule has 0 aliphatic carbocycles. The molecule has 7 nitrogen and oxygen atoms in total. The molecule has 0 radical (unpaired) electrons. The van der Waals surface area contributed by atoms with Crippen LogP contribution in [0, 0.1) is 6.92 Å². The van der Waals surface area contributed by atoms with E-state index in [-0.39, 0.29) is 18.1 Å². The average Bonchev–Trinajstić information content (AvgIpc) is 3.14. The first-order valence-electron chi connectivity index (χ1n) is 8.65. The number of rotatable bonds is 4. The molecule has 2 aromatic heterocycles. The fourth-order valence-corrected chi connectivity index (χ4v) is 3.56. The Morgan fingerprint density at radius 2 is 1.86 bits per heavy atom. The summed E-state index contributed by atoms with van der Waals surface area (Å²) in [5.74, 6) is 0. The standard InChI is InChI=1S/C20H17N5O2S/c1-13-7-9-15(10-8-13)22-19(27)21-12-16-11-17(26)25-20(23-16)28-18(24-25)14-5-3-2-4-6-14/h2-11H,12H2,1H3,(H2,21,22,27). The molecule has 0 bridgehead atoms. The van der Waals surface area contributed by atoms with Crippen molar-refractivity contribution in [3.05, 3.63) is 82.3 Å². The monoisotopic (exact) mass is 391 g/mol. The van der Waals surface area contributed by atoms with Crippen LogP contribution in [0.15, 0.2) is 65.5 Å². The molecule has 2 aromatic carbocycles. The number of anilines is 1. The molecule has 0 fully saturated rings. The summed E-state index contributed by atoms with van der Waals surface area (Å²) >= 11 is 1.33. The molecule has 0 saturated heterocycles. The quantitative estimate of drug-likeness (QED) is 0.558. The molecule has 8 heteroatoms. The smallest absolute Gasteiger partial charge is 0.319 e. The third kappa shape index (κ3) is 3.91. The van der Waals surface area contributed by atoms with E-state index in [9.17, 15) is 9.59 Å². The van der Waals surface area contributed by atoms with Crippen molar-refractivity contribution < 1.29 is 4.79 Å². The fourth-order valence-electron chi connectivity index (χ4n) is 2.63. The second-order valence-corrected chi connectivity index (χ2v) is 7.18. The van der Waals surface area contributed by atoms with Crippen molar-refractivity contribution in [1.82, 2.24) is 19.9 Å². The summed E-state index contributed by atoms with van der Waals surface area (Å²) in [6.45, 7) is 2.12. The van der Waals surface area contributed by atoms with E-state index in [2.05, 4.69) is 20.7 Å². The zero-order valence-electron chi connectivity index (χ0n) is 15.0. The molecule has 0 spiro atoms. The van der Waals surface area contributed by atoms with Crippen LogP contribution < -0.4 is 16.2 Å². The number of carbonyl (C=O) groups is 1. The lowest BCUT2D eigenvalue weighted by molar-refractivity contribution is 0.251. The Labute approximate surface area is 164 Å². The molecule has 2 N–H and O–H groups in total. The van der Waals surface area contributed by atoms with Gasteiger partial charge in [-0.2, -0.15) is 9.61 Å². The lowest BCUT2D eigenvalue weighted by Gasteiger charge is -2.07. The first-order valence-corrected chi connectivity index (χ1v) is 9.47. The molecule has 4 rings (SSSR count). The summed E-state index contributed by atoms with van der Waals surface area (Å²) in [5.41, 5.74) is 2.94. The number of nitrogens with zero attached hydrogens (tertiary/aromatic N) is 3. The van der Waals surface area contributed by atoms with E-state index in [0.717, 1.165) is 11.1 Å².